The molecule has 0 unspecified atom stereocenters. The summed E-state index contributed by atoms with van der Waals surface area (Å²) in [5.74, 6) is -3.01. The van der Waals surface area contributed by atoms with E-state index in [1.165, 1.54) is 48.8 Å². The first-order valence-electron chi connectivity index (χ1n) is 8.08. The van der Waals surface area contributed by atoms with Gasteiger partial charge in [-0.05, 0) is 35.9 Å². The molecule has 0 aliphatic carbocycles. The number of halogens is 4. The Hall–Kier alpha value is -3.68. The lowest BCUT2D eigenvalue weighted by molar-refractivity contribution is 0.575. The van der Waals surface area contributed by atoms with Gasteiger partial charge in [0.15, 0.2) is 5.82 Å². The first kappa shape index (κ1) is 17.7. The second-order valence-corrected chi connectivity index (χ2v) is 5.84. The Labute approximate surface area is 156 Å². The Balaban J connectivity index is 1.80. The number of rotatable bonds is 3. The topological polar surface area (TPSA) is 51.6 Å². The van der Waals surface area contributed by atoms with Crippen molar-refractivity contribution >= 4 is 0 Å². The van der Waals surface area contributed by atoms with Crippen LogP contribution in [0.1, 0.15) is 0 Å². The highest BCUT2D eigenvalue weighted by molar-refractivity contribution is 5.73. The predicted molar refractivity (Wildman–Crippen MR) is 93.8 cm³/mol. The maximum absolute atomic E-state index is 14.3. The van der Waals surface area contributed by atoms with E-state index in [-0.39, 0.29) is 22.6 Å². The van der Waals surface area contributed by atoms with E-state index >= 15 is 0 Å². The van der Waals surface area contributed by atoms with Crippen LogP contribution in [0.3, 0.4) is 0 Å². The van der Waals surface area contributed by atoms with Crippen LogP contribution in [0.4, 0.5) is 17.6 Å². The molecule has 28 heavy (non-hydrogen) atoms. The Morgan fingerprint density at radius 1 is 0.679 bits per heavy atom. The van der Waals surface area contributed by atoms with Crippen molar-refractivity contribution in [2.24, 2.45) is 0 Å². The molecule has 3 heterocycles. The lowest BCUT2D eigenvalue weighted by Gasteiger charge is -2.08. The standard InChI is InChI=1S/C20H10F4N4/c21-13-8-17(24)20(26-10-13)18-7-12(9-27-28-18)11-3-4-15(22)14(6-11)19-16(23)2-1-5-25-19/h1-10H. The van der Waals surface area contributed by atoms with E-state index in [0.717, 1.165) is 6.20 Å². The van der Waals surface area contributed by atoms with E-state index in [9.17, 15) is 17.6 Å². The summed E-state index contributed by atoms with van der Waals surface area (Å²) in [6.45, 7) is 0. The molecule has 4 nitrogen and oxygen atoms in total. The molecule has 0 aliphatic rings. The van der Waals surface area contributed by atoms with E-state index < -0.39 is 23.3 Å². The summed E-state index contributed by atoms with van der Waals surface area (Å²) >= 11 is 0. The molecule has 8 heteroatoms. The second-order valence-electron chi connectivity index (χ2n) is 5.84. The van der Waals surface area contributed by atoms with Gasteiger partial charge < -0.3 is 0 Å². The van der Waals surface area contributed by atoms with Gasteiger partial charge in [0.25, 0.3) is 0 Å². The fourth-order valence-electron chi connectivity index (χ4n) is 2.71. The molecular formula is C20H10F4N4. The van der Waals surface area contributed by atoms with E-state index in [2.05, 4.69) is 20.2 Å². The minimum absolute atomic E-state index is 0.0277. The van der Waals surface area contributed by atoms with Gasteiger partial charge in [-0.1, -0.05) is 6.07 Å². The van der Waals surface area contributed by atoms with Gasteiger partial charge in [0, 0.05) is 23.4 Å². The van der Waals surface area contributed by atoms with Crippen LogP contribution in [-0.4, -0.2) is 20.2 Å². The largest absolute Gasteiger partial charge is 0.253 e. The molecule has 0 aliphatic heterocycles. The Kier molecular flexibility index (Phi) is 4.52. The van der Waals surface area contributed by atoms with Crippen molar-refractivity contribution < 1.29 is 17.6 Å². The number of benzene rings is 1. The number of nitrogens with zero attached hydrogens (tertiary/aromatic N) is 4. The van der Waals surface area contributed by atoms with Crippen LogP contribution < -0.4 is 0 Å². The number of hydrogen-bond donors (Lipinski definition) is 0. The maximum Gasteiger partial charge on any atom is 0.154 e. The van der Waals surface area contributed by atoms with E-state index in [1.54, 1.807) is 0 Å². The van der Waals surface area contributed by atoms with Crippen LogP contribution in [-0.2, 0) is 0 Å². The predicted octanol–water partition coefficient (Wildman–Crippen LogP) is 4.82. The molecule has 0 N–H and O–H groups in total. The molecule has 3 aromatic heterocycles. The quantitative estimate of drug-likeness (QED) is 0.477. The van der Waals surface area contributed by atoms with Crippen molar-refractivity contribution in [3.63, 3.8) is 0 Å². The first-order valence-corrected chi connectivity index (χ1v) is 8.08. The molecule has 1 aromatic carbocycles. The minimum atomic E-state index is -0.887. The van der Waals surface area contributed by atoms with E-state index in [0.29, 0.717) is 17.2 Å². The molecule has 0 saturated heterocycles. The average molecular weight is 382 g/mol. The van der Waals surface area contributed by atoms with Gasteiger partial charge in [-0.25, -0.2) is 22.5 Å². The van der Waals surface area contributed by atoms with Gasteiger partial charge in [-0.3, -0.25) is 4.98 Å². The smallest absolute Gasteiger partial charge is 0.154 e. The number of aromatic nitrogens is 4. The SMILES string of the molecule is Fc1cnc(-c2cc(-c3ccc(F)c(-c4ncccc4F)c3)cnn2)c(F)c1. The summed E-state index contributed by atoms with van der Waals surface area (Å²) in [4.78, 5) is 7.59. The molecule has 138 valence electrons. The Bertz CT molecular complexity index is 1180. The summed E-state index contributed by atoms with van der Waals surface area (Å²) in [6.07, 6.45) is 3.61. The fourth-order valence-corrected chi connectivity index (χ4v) is 2.71. The first-order chi connectivity index (χ1) is 13.5. The zero-order valence-electron chi connectivity index (χ0n) is 14.1. The lowest BCUT2D eigenvalue weighted by Crippen LogP contribution is -1.96. The highest BCUT2D eigenvalue weighted by Gasteiger charge is 2.15. The van der Waals surface area contributed by atoms with Crippen molar-refractivity contribution in [3.05, 3.63) is 84.3 Å². The van der Waals surface area contributed by atoms with Crippen molar-refractivity contribution in [3.8, 4) is 33.8 Å². The molecule has 0 radical (unpaired) electrons. The van der Waals surface area contributed by atoms with Crippen LogP contribution in [0.5, 0.6) is 0 Å². The third-order valence-corrected chi connectivity index (χ3v) is 4.02. The highest BCUT2D eigenvalue weighted by atomic mass is 19.1. The van der Waals surface area contributed by atoms with Gasteiger partial charge in [0.2, 0.25) is 0 Å². The summed E-state index contributed by atoms with van der Waals surface area (Å²) in [7, 11) is 0. The summed E-state index contributed by atoms with van der Waals surface area (Å²) in [5, 5.41) is 7.63. The third-order valence-electron chi connectivity index (χ3n) is 4.02. The molecule has 0 saturated carbocycles. The van der Waals surface area contributed by atoms with E-state index in [4.69, 9.17) is 0 Å². The molecule has 0 fully saturated rings. The van der Waals surface area contributed by atoms with Crippen molar-refractivity contribution in [1.29, 1.82) is 0 Å². The van der Waals surface area contributed by atoms with E-state index in [1.807, 2.05) is 0 Å². The summed E-state index contributed by atoms with van der Waals surface area (Å²) in [5.41, 5.74) is 0.697. The van der Waals surface area contributed by atoms with Crippen molar-refractivity contribution in [2.75, 3.05) is 0 Å². The molecule has 4 aromatic rings. The van der Waals surface area contributed by atoms with Crippen molar-refractivity contribution in [2.45, 2.75) is 0 Å². The summed E-state index contributed by atoms with van der Waals surface area (Å²) < 4.78 is 55.3. The maximum atomic E-state index is 14.3. The zero-order valence-corrected chi connectivity index (χ0v) is 14.1. The van der Waals surface area contributed by atoms with Gasteiger partial charge in [0.1, 0.15) is 34.5 Å². The molecule has 0 bridgehead atoms. The van der Waals surface area contributed by atoms with Crippen LogP contribution in [0.2, 0.25) is 0 Å². The second kappa shape index (κ2) is 7.15. The van der Waals surface area contributed by atoms with Gasteiger partial charge >= 0.3 is 0 Å². The summed E-state index contributed by atoms with van der Waals surface area (Å²) in [6, 6.07) is 8.81. The molecule has 0 spiro atoms. The van der Waals surface area contributed by atoms with Crippen LogP contribution in [0, 0.1) is 23.3 Å². The normalized spacial score (nSPS) is 10.9. The van der Waals surface area contributed by atoms with Gasteiger partial charge in [-0.15, -0.1) is 5.10 Å². The minimum Gasteiger partial charge on any atom is -0.253 e. The number of pyridine rings is 2. The van der Waals surface area contributed by atoms with Crippen molar-refractivity contribution in [1.82, 2.24) is 20.2 Å². The highest BCUT2D eigenvalue weighted by Crippen LogP contribution is 2.30. The van der Waals surface area contributed by atoms with Gasteiger partial charge in [0.05, 0.1) is 12.4 Å². The Morgan fingerprint density at radius 3 is 2.32 bits per heavy atom. The number of hydrogen-bond acceptors (Lipinski definition) is 4. The third kappa shape index (κ3) is 3.32. The van der Waals surface area contributed by atoms with Crippen LogP contribution in [0.15, 0.2) is 61.1 Å². The van der Waals surface area contributed by atoms with Crippen LogP contribution >= 0.6 is 0 Å². The van der Waals surface area contributed by atoms with Crippen LogP contribution in [0.25, 0.3) is 33.8 Å². The lowest BCUT2D eigenvalue weighted by atomic mass is 10.0. The zero-order chi connectivity index (χ0) is 19.7. The monoisotopic (exact) mass is 382 g/mol. The molecule has 0 atom stereocenters. The molecule has 0 amide bonds. The average Bonchev–Trinajstić information content (AvgIpc) is 2.69. The molecule has 4 rings (SSSR count). The van der Waals surface area contributed by atoms with Gasteiger partial charge in [-0.2, -0.15) is 5.10 Å². The Morgan fingerprint density at radius 2 is 1.54 bits per heavy atom. The fraction of sp³-hybridized carbons (Fsp3) is 0. The molecular weight excluding hydrogens is 372 g/mol.